The van der Waals surface area contributed by atoms with E-state index in [-0.39, 0.29) is 6.04 Å². The van der Waals surface area contributed by atoms with E-state index in [0.717, 1.165) is 25.1 Å². The lowest BCUT2D eigenvalue weighted by Gasteiger charge is -2.22. The van der Waals surface area contributed by atoms with Crippen molar-refractivity contribution in [1.29, 1.82) is 0 Å². The van der Waals surface area contributed by atoms with Crippen molar-refractivity contribution in [3.05, 3.63) is 11.9 Å². The fourth-order valence-corrected chi connectivity index (χ4v) is 2.07. The van der Waals surface area contributed by atoms with Gasteiger partial charge in [0.1, 0.15) is 0 Å². The van der Waals surface area contributed by atoms with Gasteiger partial charge in [0.25, 0.3) is 0 Å². The maximum absolute atomic E-state index is 12.5. The normalized spacial score (nSPS) is 16.1. The second-order valence-corrected chi connectivity index (χ2v) is 5.07. The highest BCUT2D eigenvalue weighted by Crippen LogP contribution is 2.29. The van der Waals surface area contributed by atoms with Crippen LogP contribution < -0.4 is 5.32 Å². The first-order valence-electron chi connectivity index (χ1n) is 6.88. The Morgan fingerprint density at radius 2 is 2.20 bits per heavy atom. The van der Waals surface area contributed by atoms with Crippen molar-refractivity contribution in [2.45, 2.75) is 45.1 Å². The summed E-state index contributed by atoms with van der Waals surface area (Å²) in [6, 6.07) is 0.0846. The summed E-state index contributed by atoms with van der Waals surface area (Å²) in [5.41, 5.74) is 0.806. The minimum absolute atomic E-state index is 0.0846. The Morgan fingerprint density at radius 3 is 2.80 bits per heavy atom. The number of nitrogens with zero attached hydrogens (tertiary/aromatic N) is 4. The van der Waals surface area contributed by atoms with Crippen LogP contribution in [0.5, 0.6) is 0 Å². The van der Waals surface area contributed by atoms with Gasteiger partial charge in [0.05, 0.1) is 18.8 Å². The molecule has 2 rings (SSSR count). The predicted molar refractivity (Wildman–Crippen MR) is 68.1 cm³/mol. The summed E-state index contributed by atoms with van der Waals surface area (Å²) in [6.45, 7) is 3.42. The van der Waals surface area contributed by atoms with Crippen LogP contribution in [-0.2, 0) is 13.1 Å². The molecule has 0 amide bonds. The van der Waals surface area contributed by atoms with E-state index < -0.39 is 12.7 Å². The van der Waals surface area contributed by atoms with Crippen molar-refractivity contribution in [3.8, 4) is 0 Å². The quantitative estimate of drug-likeness (QED) is 0.787. The molecule has 8 heteroatoms. The van der Waals surface area contributed by atoms with Gasteiger partial charge in [-0.05, 0) is 19.4 Å². The second-order valence-electron chi connectivity index (χ2n) is 5.07. The molecule has 1 heterocycles. The number of halogens is 3. The Balaban J connectivity index is 1.81. The SMILES string of the molecule is CCNCc1cn(CCN(CC(F)(F)F)C2CC2)nn1. The van der Waals surface area contributed by atoms with Gasteiger partial charge in [-0.25, -0.2) is 0 Å². The summed E-state index contributed by atoms with van der Waals surface area (Å²) in [5, 5.41) is 11.0. The maximum Gasteiger partial charge on any atom is 0.401 e. The molecule has 20 heavy (non-hydrogen) atoms. The lowest BCUT2D eigenvalue weighted by Crippen LogP contribution is -2.38. The highest BCUT2D eigenvalue weighted by molar-refractivity contribution is 4.92. The van der Waals surface area contributed by atoms with Crippen LogP contribution in [0.1, 0.15) is 25.5 Å². The molecule has 114 valence electrons. The van der Waals surface area contributed by atoms with Crippen molar-refractivity contribution < 1.29 is 13.2 Å². The van der Waals surface area contributed by atoms with Crippen LogP contribution in [-0.4, -0.2) is 51.7 Å². The summed E-state index contributed by atoms with van der Waals surface area (Å²) in [4.78, 5) is 1.49. The number of nitrogens with one attached hydrogen (secondary N) is 1. The molecule has 0 bridgehead atoms. The fourth-order valence-electron chi connectivity index (χ4n) is 2.07. The molecule has 0 unspecified atom stereocenters. The van der Waals surface area contributed by atoms with Crippen molar-refractivity contribution in [1.82, 2.24) is 25.2 Å². The van der Waals surface area contributed by atoms with Crippen LogP contribution in [0.4, 0.5) is 13.2 Å². The van der Waals surface area contributed by atoms with Crippen LogP contribution in [0.25, 0.3) is 0 Å². The molecule has 1 aromatic heterocycles. The lowest BCUT2D eigenvalue weighted by atomic mass is 10.4. The summed E-state index contributed by atoms with van der Waals surface area (Å²) >= 11 is 0. The van der Waals surface area contributed by atoms with Gasteiger partial charge in [-0.3, -0.25) is 9.58 Å². The Morgan fingerprint density at radius 1 is 1.45 bits per heavy atom. The number of aromatic nitrogens is 3. The minimum Gasteiger partial charge on any atom is -0.311 e. The monoisotopic (exact) mass is 291 g/mol. The van der Waals surface area contributed by atoms with Crippen molar-refractivity contribution >= 4 is 0 Å². The zero-order valence-corrected chi connectivity index (χ0v) is 11.5. The van der Waals surface area contributed by atoms with Gasteiger partial charge in [-0.2, -0.15) is 13.2 Å². The van der Waals surface area contributed by atoms with E-state index >= 15 is 0 Å². The van der Waals surface area contributed by atoms with Gasteiger partial charge in [-0.15, -0.1) is 5.10 Å². The van der Waals surface area contributed by atoms with Crippen LogP contribution in [0, 0.1) is 0 Å². The second kappa shape index (κ2) is 6.53. The van der Waals surface area contributed by atoms with E-state index in [2.05, 4.69) is 15.6 Å². The first kappa shape index (κ1) is 15.2. The summed E-state index contributed by atoms with van der Waals surface area (Å²) < 4.78 is 39.0. The van der Waals surface area contributed by atoms with E-state index in [4.69, 9.17) is 0 Å². The average Bonchev–Trinajstić information content (AvgIpc) is 3.11. The third-order valence-electron chi connectivity index (χ3n) is 3.20. The molecule has 0 radical (unpaired) electrons. The molecular weight excluding hydrogens is 271 g/mol. The Hall–Kier alpha value is -1.15. The highest BCUT2D eigenvalue weighted by Gasteiger charge is 2.37. The number of rotatable bonds is 8. The van der Waals surface area contributed by atoms with E-state index in [1.54, 1.807) is 10.9 Å². The van der Waals surface area contributed by atoms with Crippen LogP contribution >= 0.6 is 0 Å². The minimum atomic E-state index is -4.14. The number of hydrogen-bond acceptors (Lipinski definition) is 4. The lowest BCUT2D eigenvalue weighted by molar-refractivity contribution is -0.147. The molecule has 0 saturated heterocycles. The average molecular weight is 291 g/mol. The van der Waals surface area contributed by atoms with E-state index in [9.17, 15) is 13.2 Å². The van der Waals surface area contributed by atoms with Crippen LogP contribution in [0.15, 0.2) is 6.20 Å². The molecule has 1 aromatic rings. The predicted octanol–water partition coefficient (Wildman–Crippen LogP) is 1.41. The molecule has 1 saturated carbocycles. The van der Waals surface area contributed by atoms with Crippen molar-refractivity contribution in [2.75, 3.05) is 19.6 Å². The molecule has 1 aliphatic carbocycles. The van der Waals surface area contributed by atoms with Crippen molar-refractivity contribution in [3.63, 3.8) is 0 Å². The molecule has 0 aromatic carbocycles. The molecule has 1 N–H and O–H groups in total. The van der Waals surface area contributed by atoms with Crippen LogP contribution in [0.3, 0.4) is 0 Å². The molecule has 5 nitrogen and oxygen atoms in total. The zero-order chi connectivity index (χ0) is 14.6. The van der Waals surface area contributed by atoms with Gasteiger partial charge < -0.3 is 5.32 Å². The summed E-state index contributed by atoms with van der Waals surface area (Å²) in [7, 11) is 0. The summed E-state index contributed by atoms with van der Waals surface area (Å²) in [6.07, 6.45) is -0.638. The van der Waals surface area contributed by atoms with Crippen molar-refractivity contribution in [2.24, 2.45) is 0 Å². The fraction of sp³-hybridized carbons (Fsp3) is 0.833. The summed E-state index contributed by atoms with van der Waals surface area (Å²) in [5.74, 6) is 0. The maximum atomic E-state index is 12.5. The van der Waals surface area contributed by atoms with Crippen LogP contribution in [0.2, 0.25) is 0 Å². The third-order valence-corrected chi connectivity index (χ3v) is 3.20. The Kier molecular flexibility index (Phi) is 4.98. The standard InChI is InChI=1S/C12H20F3N5/c1-2-16-7-10-8-20(18-17-10)6-5-19(11-3-4-11)9-12(13,14)15/h8,11,16H,2-7,9H2,1H3. The van der Waals surface area contributed by atoms with Gasteiger partial charge in [0.2, 0.25) is 0 Å². The topological polar surface area (TPSA) is 46.0 Å². The largest absolute Gasteiger partial charge is 0.401 e. The molecule has 0 spiro atoms. The number of hydrogen-bond donors (Lipinski definition) is 1. The van der Waals surface area contributed by atoms with E-state index in [1.807, 2.05) is 6.92 Å². The Bertz CT molecular complexity index is 413. The number of alkyl halides is 3. The molecular formula is C12H20F3N5. The molecule has 1 aliphatic rings. The van der Waals surface area contributed by atoms with E-state index in [1.165, 1.54) is 4.90 Å². The smallest absolute Gasteiger partial charge is 0.311 e. The van der Waals surface area contributed by atoms with E-state index in [0.29, 0.717) is 19.6 Å². The third kappa shape index (κ3) is 5.09. The molecule has 1 fully saturated rings. The first-order valence-corrected chi connectivity index (χ1v) is 6.88. The van der Waals surface area contributed by atoms with Gasteiger partial charge in [0, 0.05) is 25.3 Å². The zero-order valence-electron chi connectivity index (χ0n) is 11.5. The highest BCUT2D eigenvalue weighted by atomic mass is 19.4. The van der Waals surface area contributed by atoms with Gasteiger partial charge in [0.15, 0.2) is 0 Å². The molecule has 0 atom stereocenters. The molecule has 0 aliphatic heterocycles. The van der Waals surface area contributed by atoms with Gasteiger partial charge >= 0.3 is 6.18 Å². The Labute approximate surface area is 116 Å². The van der Waals surface area contributed by atoms with Gasteiger partial charge in [-0.1, -0.05) is 12.1 Å². The first-order chi connectivity index (χ1) is 9.48.